The summed E-state index contributed by atoms with van der Waals surface area (Å²) in [6.07, 6.45) is -5.06. The van der Waals surface area contributed by atoms with Crippen LogP contribution in [-0.2, 0) is 6.18 Å². The molecule has 0 aromatic heterocycles. The molecule has 0 saturated carbocycles. The highest BCUT2D eigenvalue weighted by atomic mass is 32.2. The molecule has 0 fully saturated rings. The van der Waals surface area contributed by atoms with E-state index in [1.165, 1.54) is 58.0 Å². The zero-order valence-corrected chi connectivity index (χ0v) is 57.7. The highest BCUT2D eigenvalue weighted by molar-refractivity contribution is 8.00. The quantitative estimate of drug-likeness (QED) is 0.0889. The Morgan fingerprint density at radius 2 is 0.667 bits per heavy atom. The molecule has 0 spiro atoms. The lowest BCUT2D eigenvalue weighted by atomic mass is 9.31. The van der Waals surface area contributed by atoms with Crippen molar-refractivity contribution < 1.29 is 39.5 Å². The zero-order chi connectivity index (χ0) is 73.2. The first kappa shape index (κ1) is 65.9. The predicted molar refractivity (Wildman–Crippen MR) is 421 cm³/mol. The fourth-order valence-electron chi connectivity index (χ4n) is 16.4. The van der Waals surface area contributed by atoms with Gasteiger partial charge in [0.15, 0.2) is 0 Å². The van der Waals surface area contributed by atoms with Crippen molar-refractivity contribution in [2.75, 3.05) is 24.5 Å². The lowest BCUT2D eigenvalue weighted by molar-refractivity contribution is -0.137. The Labute approximate surface area is 621 Å². The van der Waals surface area contributed by atoms with Crippen LogP contribution in [0.2, 0.25) is 0 Å². The lowest BCUT2D eigenvalue weighted by Crippen LogP contribution is -2.64. The first-order valence-corrected chi connectivity index (χ1v) is 35.9. The zero-order valence-electron chi connectivity index (χ0n) is 56.9. The number of rotatable bonds is 12. The molecule has 0 unspecified atom stereocenters. The van der Waals surface area contributed by atoms with Crippen molar-refractivity contribution in [3.8, 4) is 33.4 Å². The minimum atomic E-state index is -5.06. The predicted octanol–water partition coefficient (Wildman–Crippen LogP) is 22.3. The van der Waals surface area contributed by atoms with Gasteiger partial charge in [0.2, 0.25) is 6.71 Å². The van der Waals surface area contributed by atoms with Crippen LogP contribution in [0.1, 0.15) is 5.56 Å². The number of hydrogen-bond donors (Lipinski definition) is 0. The maximum absolute atomic E-state index is 17.4. The SMILES string of the molecule is Fc1cccc(F)c1N(c1ccccc1)c1cc2c3c(c1)N(c1c(-c4ccccc4)cccc1C(F)(F)F)c1cc4c(cc1B3c1ccccc1N2c1c(F)cccc1F)B1c2ccccc2N(c2c(F)cccc2F)c2cc(N(c3ccc(-c5ccccc5)cc3)c3ccc(-c5ccccc5)cc3)cc(c21)S4. The number of benzene rings is 15. The summed E-state index contributed by atoms with van der Waals surface area (Å²) < 4.78 is 154. The Hall–Kier alpha value is -12.9. The fraction of sp³-hybridized carbons (Fsp3) is 0.0110. The molecule has 15 aromatic rings. The van der Waals surface area contributed by atoms with Crippen LogP contribution in [0.25, 0.3) is 33.4 Å². The van der Waals surface area contributed by atoms with E-state index in [0.29, 0.717) is 70.9 Å². The molecule has 0 N–H and O–H groups in total. The lowest BCUT2D eigenvalue weighted by Gasteiger charge is -2.46. The van der Waals surface area contributed by atoms with Gasteiger partial charge in [0.1, 0.15) is 52.0 Å². The van der Waals surface area contributed by atoms with Gasteiger partial charge in [-0.2, -0.15) is 13.2 Å². The molecule has 4 heterocycles. The van der Waals surface area contributed by atoms with Crippen LogP contribution >= 0.6 is 11.8 Å². The molecular formula is C91H54B2F9N5S. The third kappa shape index (κ3) is 10.8. The average molecular weight is 1440 g/mol. The fourth-order valence-corrected chi connectivity index (χ4v) is 17.6. The topological polar surface area (TPSA) is 16.2 Å². The highest BCUT2D eigenvalue weighted by Crippen LogP contribution is 2.56. The minimum absolute atomic E-state index is 0.0166. The van der Waals surface area contributed by atoms with E-state index in [1.54, 1.807) is 107 Å². The molecule has 4 aliphatic rings. The van der Waals surface area contributed by atoms with Crippen LogP contribution in [0.15, 0.2) is 337 Å². The molecule has 108 heavy (non-hydrogen) atoms. The summed E-state index contributed by atoms with van der Waals surface area (Å²) in [5.41, 5.74) is 9.16. The van der Waals surface area contributed by atoms with Crippen molar-refractivity contribution >= 4 is 143 Å². The first-order chi connectivity index (χ1) is 52.7. The number of halogens is 9. The Morgan fingerprint density at radius 3 is 1.17 bits per heavy atom. The summed E-state index contributed by atoms with van der Waals surface area (Å²) in [5, 5.41) is 0. The second-order valence-electron chi connectivity index (χ2n) is 26.9. The summed E-state index contributed by atoms with van der Waals surface area (Å²) in [5.74, 6) is -5.54. The molecule has 17 heteroatoms. The van der Waals surface area contributed by atoms with Crippen LogP contribution in [0, 0.1) is 34.9 Å². The van der Waals surface area contributed by atoms with Crippen molar-refractivity contribution in [3.05, 3.63) is 368 Å². The van der Waals surface area contributed by atoms with E-state index in [1.807, 2.05) is 158 Å². The van der Waals surface area contributed by atoms with Gasteiger partial charge in [-0.15, -0.1) is 0 Å². The maximum atomic E-state index is 17.4. The Kier molecular flexibility index (Phi) is 15.9. The molecule has 19 rings (SSSR count). The van der Waals surface area contributed by atoms with Crippen molar-refractivity contribution in [2.45, 2.75) is 16.0 Å². The number of alkyl halides is 3. The smallest absolute Gasteiger partial charge is 0.310 e. The maximum Gasteiger partial charge on any atom is 0.418 e. The molecule has 0 atom stereocenters. The van der Waals surface area contributed by atoms with Gasteiger partial charge in [-0.05, 0) is 176 Å². The van der Waals surface area contributed by atoms with Gasteiger partial charge in [-0.25, -0.2) is 26.3 Å². The van der Waals surface area contributed by atoms with Crippen molar-refractivity contribution in [1.29, 1.82) is 0 Å². The molecule has 0 bridgehead atoms. The van der Waals surface area contributed by atoms with Gasteiger partial charge < -0.3 is 24.5 Å². The number of fused-ring (bicyclic) bond motifs is 8. The average Bonchev–Trinajstić information content (AvgIpc) is 0.684. The van der Waals surface area contributed by atoms with Gasteiger partial charge in [-0.1, -0.05) is 223 Å². The molecule has 0 aliphatic carbocycles. The third-order valence-corrected chi connectivity index (χ3v) is 22.0. The summed E-state index contributed by atoms with van der Waals surface area (Å²) in [6.45, 7) is -1.71. The first-order valence-electron chi connectivity index (χ1n) is 35.1. The standard InChI is InChI=1S/C91H54B2F9N5S/c94-71-33-18-34-72(95)88(71)104(60-27-11-4-12-28-60)63-49-80-85-81(50-63)107(87-65(59-25-9-3-10-26-59)29-17-30-66(87)91(100,101)102)79-54-83-70(53-69(79)92(85)67-31-13-15-39-77(67)105(80)89-73(96)35-19-36-74(89)97)93-68-32-14-16-40-78(68)106(90-75(98)37-20-38-76(90)99)82-51-64(52-84(108-83)86(82)93)103(61-45-41-57(42-46-61)55-21-5-1-6-22-55)62-47-43-58(44-48-62)56-23-7-2-8-24-56/h1-54H. The Bertz CT molecular complexity index is 5960. The molecule has 5 nitrogen and oxygen atoms in total. The number of anilines is 15. The number of nitrogens with zero attached hydrogens (tertiary/aromatic N) is 5. The minimum Gasteiger partial charge on any atom is -0.310 e. The molecule has 4 aliphatic heterocycles. The molecule has 518 valence electrons. The summed E-state index contributed by atoms with van der Waals surface area (Å²) in [7, 11) is 0. The second kappa shape index (κ2) is 26.0. The van der Waals surface area contributed by atoms with Crippen LogP contribution in [0.5, 0.6) is 0 Å². The van der Waals surface area contributed by atoms with Crippen molar-refractivity contribution in [2.24, 2.45) is 0 Å². The van der Waals surface area contributed by atoms with E-state index in [0.717, 1.165) is 64.0 Å². The number of hydrogen-bond acceptors (Lipinski definition) is 6. The van der Waals surface area contributed by atoms with Gasteiger partial charge >= 0.3 is 6.18 Å². The van der Waals surface area contributed by atoms with Crippen LogP contribution in [-0.4, -0.2) is 13.4 Å². The van der Waals surface area contributed by atoms with E-state index in [4.69, 9.17) is 0 Å². The Balaban J connectivity index is 0.922. The van der Waals surface area contributed by atoms with Crippen LogP contribution in [0.4, 0.5) is 125 Å². The number of para-hydroxylation sites is 7. The van der Waals surface area contributed by atoms with E-state index in [9.17, 15) is 0 Å². The molecular weight excluding hydrogens is 1390 g/mol. The van der Waals surface area contributed by atoms with E-state index < -0.39 is 71.4 Å². The van der Waals surface area contributed by atoms with Gasteiger partial charge in [0.05, 0.1) is 16.9 Å². The van der Waals surface area contributed by atoms with Gasteiger partial charge in [-0.3, -0.25) is 0 Å². The summed E-state index contributed by atoms with van der Waals surface area (Å²) in [4.78, 5) is 9.33. The van der Waals surface area contributed by atoms with Gasteiger partial charge in [0.25, 0.3) is 6.71 Å². The van der Waals surface area contributed by atoms with E-state index >= 15 is 39.5 Å². The normalized spacial score (nSPS) is 12.9. The van der Waals surface area contributed by atoms with Crippen molar-refractivity contribution in [3.63, 3.8) is 0 Å². The second-order valence-corrected chi connectivity index (χ2v) is 28.0. The van der Waals surface area contributed by atoms with Crippen LogP contribution in [0.3, 0.4) is 0 Å². The Morgan fingerprint density at radius 1 is 0.269 bits per heavy atom. The molecule has 0 saturated heterocycles. The molecule has 0 radical (unpaired) electrons. The summed E-state index contributed by atoms with van der Waals surface area (Å²) >= 11 is 1.36. The highest BCUT2D eigenvalue weighted by Gasteiger charge is 2.50. The third-order valence-electron chi connectivity index (χ3n) is 20.9. The van der Waals surface area contributed by atoms with Crippen molar-refractivity contribution in [1.82, 2.24) is 0 Å². The van der Waals surface area contributed by atoms with Gasteiger partial charge in [0, 0.05) is 72.2 Å². The molecule has 0 amide bonds. The monoisotopic (exact) mass is 1440 g/mol. The van der Waals surface area contributed by atoms with E-state index in [-0.39, 0.29) is 45.4 Å². The molecule has 15 aromatic carbocycles. The largest absolute Gasteiger partial charge is 0.418 e. The summed E-state index contributed by atoms with van der Waals surface area (Å²) in [6, 6.07) is 93.8. The van der Waals surface area contributed by atoms with E-state index in [2.05, 4.69) is 11.0 Å². The van der Waals surface area contributed by atoms with Crippen LogP contribution < -0.4 is 57.3 Å².